The monoisotopic (exact) mass is 546 g/mol. The Balaban J connectivity index is 2.12. The lowest BCUT2D eigenvalue weighted by molar-refractivity contribution is -0.272. The minimum Gasteiger partial charge on any atom is -0.394 e. The predicted molar refractivity (Wildman–Crippen MR) is 133 cm³/mol. The molecule has 0 aromatic carbocycles. The highest BCUT2D eigenvalue weighted by Gasteiger charge is 2.45. The number of aliphatic hydroxyl groups is 3. The number of carbonyl (C=O) groups is 5. The van der Waals surface area contributed by atoms with Gasteiger partial charge in [0.2, 0.25) is 11.8 Å². The van der Waals surface area contributed by atoms with Gasteiger partial charge in [-0.2, -0.15) is 0 Å². The van der Waals surface area contributed by atoms with Crippen molar-refractivity contribution < 1.29 is 53.5 Å². The molecule has 1 unspecified atom stereocenters. The zero-order valence-corrected chi connectivity index (χ0v) is 22.2. The average Bonchev–Trinajstić information content (AvgIpc) is 2.87. The van der Waals surface area contributed by atoms with Crippen LogP contribution in [0.3, 0.4) is 0 Å². The Kier molecular flexibility index (Phi) is 16.8. The SMILES string of the molecule is CC(=O)CCC(=O)CCC(=O)NCCCC(=O)CCCOCCOC1O[C@H](CO)[C@H](O)[C@H](O)[C@H]1NC(C)=O. The number of aliphatic hydroxyl groups excluding tert-OH is 3. The summed E-state index contributed by atoms with van der Waals surface area (Å²) in [5.74, 6) is -0.848. The van der Waals surface area contributed by atoms with Crippen molar-refractivity contribution >= 4 is 29.2 Å². The Morgan fingerprint density at radius 1 is 0.816 bits per heavy atom. The lowest BCUT2D eigenvalue weighted by Crippen LogP contribution is -2.64. The van der Waals surface area contributed by atoms with Gasteiger partial charge in [0.15, 0.2) is 6.29 Å². The molecule has 1 saturated heterocycles. The van der Waals surface area contributed by atoms with Crippen molar-refractivity contribution in [1.29, 1.82) is 0 Å². The number of ketones is 3. The van der Waals surface area contributed by atoms with Crippen molar-refractivity contribution in [3.63, 3.8) is 0 Å². The van der Waals surface area contributed by atoms with Crippen molar-refractivity contribution in [2.24, 2.45) is 0 Å². The van der Waals surface area contributed by atoms with E-state index in [0.717, 1.165) is 0 Å². The molecule has 2 amide bonds. The first-order chi connectivity index (χ1) is 18.0. The highest BCUT2D eigenvalue weighted by molar-refractivity contribution is 5.87. The molecule has 0 aromatic rings. The van der Waals surface area contributed by atoms with Crippen LogP contribution in [0.4, 0.5) is 0 Å². The molecule has 0 radical (unpaired) electrons. The summed E-state index contributed by atoms with van der Waals surface area (Å²) in [6.07, 6.45) is -2.80. The van der Waals surface area contributed by atoms with Crippen LogP contribution in [0.5, 0.6) is 0 Å². The molecule has 1 fully saturated rings. The summed E-state index contributed by atoms with van der Waals surface area (Å²) in [5.41, 5.74) is 0. The Morgan fingerprint density at radius 2 is 1.47 bits per heavy atom. The number of Topliss-reactive ketones (excluding diaryl/α,β-unsaturated/α-hetero) is 3. The van der Waals surface area contributed by atoms with E-state index >= 15 is 0 Å². The van der Waals surface area contributed by atoms with Crippen LogP contribution < -0.4 is 10.6 Å². The van der Waals surface area contributed by atoms with Gasteiger partial charge in [0.1, 0.15) is 41.7 Å². The number of carbonyl (C=O) groups excluding carboxylic acids is 5. The average molecular weight is 547 g/mol. The summed E-state index contributed by atoms with van der Waals surface area (Å²) in [6, 6.07) is -1.02. The minimum absolute atomic E-state index is 0.0369. The van der Waals surface area contributed by atoms with Gasteiger partial charge in [-0.25, -0.2) is 0 Å². The quantitative estimate of drug-likeness (QED) is 0.117. The van der Waals surface area contributed by atoms with Gasteiger partial charge in [0.25, 0.3) is 0 Å². The summed E-state index contributed by atoms with van der Waals surface area (Å²) in [7, 11) is 0. The predicted octanol–water partition coefficient (Wildman–Crippen LogP) is -1.07. The second-order valence-electron chi connectivity index (χ2n) is 9.25. The molecule has 5 atom stereocenters. The van der Waals surface area contributed by atoms with E-state index in [1.54, 1.807) is 0 Å². The Hall–Kier alpha value is -2.29. The summed E-state index contributed by atoms with van der Waals surface area (Å²) >= 11 is 0. The Morgan fingerprint density at radius 3 is 2.13 bits per heavy atom. The van der Waals surface area contributed by atoms with Gasteiger partial charge in [-0.05, 0) is 19.8 Å². The van der Waals surface area contributed by atoms with Crippen LogP contribution in [-0.4, -0.2) is 108 Å². The Bertz CT molecular complexity index is 776. The summed E-state index contributed by atoms with van der Waals surface area (Å²) in [5, 5.41) is 34.7. The van der Waals surface area contributed by atoms with E-state index in [4.69, 9.17) is 14.2 Å². The molecular formula is C25H42N2O11. The van der Waals surface area contributed by atoms with E-state index in [-0.39, 0.29) is 62.2 Å². The normalized spacial score (nSPS) is 23.0. The van der Waals surface area contributed by atoms with Crippen molar-refractivity contribution in [3.8, 4) is 0 Å². The van der Waals surface area contributed by atoms with Gasteiger partial charge < -0.3 is 45.0 Å². The molecule has 0 aromatic heterocycles. The third-order valence-corrected chi connectivity index (χ3v) is 5.85. The molecule has 38 heavy (non-hydrogen) atoms. The number of amides is 2. The van der Waals surface area contributed by atoms with Gasteiger partial charge in [0.05, 0.1) is 19.8 Å². The van der Waals surface area contributed by atoms with E-state index in [9.17, 15) is 39.3 Å². The van der Waals surface area contributed by atoms with E-state index in [0.29, 0.717) is 38.8 Å². The van der Waals surface area contributed by atoms with Gasteiger partial charge in [-0.15, -0.1) is 0 Å². The number of hydrogen-bond donors (Lipinski definition) is 5. The van der Waals surface area contributed by atoms with Gasteiger partial charge in [-0.1, -0.05) is 0 Å². The largest absolute Gasteiger partial charge is 0.394 e. The van der Waals surface area contributed by atoms with Crippen molar-refractivity contribution in [3.05, 3.63) is 0 Å². The fourth-order valence-corrected chi connectivity index (χ4v) is 3.73. The summed E-state index contributed by atoms with van der Waals surface area (Å²) in [4.78, 5) is 57.6. The molecule has 0 saturated carbocycles. The number of nitrogens with one attached hydrogen (secondary N) is 2. The summed E-state index contributed by atoms with van der Waals surface area (Å²) < 4.78 is 16.4. The van der Waals surface area contributed by atoms with Crippen LogP contribution in [0.15, 0.2) is 0 Å². The number of ether oxygens (including phenoxy) is 3. The second kappa shape index (κ2) is 18.9. The van der Waals surface area contributed by atoms with Crippen LogP contribution in [0.2, 0.25) is 0 Å². The topological polar surface area (TPSA) is 198 Å². The lowest BCUT2D eigenvalue weighted by Gasteiger charge is -2.42. The molecule has 0 spiro atoms. The van der Waals surface area contributed by atoms with Crippen molar-refractivity contribution in [2.45, 2.75) is 95.9 Å². The maximum atomic E-state index is 12.0. The second-order valence-corrected chi connectivity index (χ2v) is 9.25. The van der Waals surface area contributed by atoms with Crippen molar-refractivity contribution in [1.82, 2.24) is 10.6 Å². The maximum Gasteiger partial charge on any atom is 0.220 e. The molecule has 1 heterocycles. The van der Waals surface area contributed by atoms with Crippen LogP contribution >= 0.6 is 0 Å². The first kappa shape index (κ1) is 33.7. The van der Waals surface area contributed by atoms with Gasteiger partial charge in [-0.3, -0.25) is 19.2 Å². The number of hydrogen-bond acceptors (Lipinski definition) is 11. The molecule has 1 aliphatic rings. The maximum absolute atomic E-state index is 12.0. The molecule has 0 aliphatic carbocycles. The first-order valence-electron chi connectivity index (χ1n) is 12.9. The lowest BCUT2D eigenvalue weighted by atomic mass is 9.97. The van der Waals surface area contributed by atoms with E-state index in [1.807, 2.05) is 0 Å². The standard InChI is InChI=1S/C25H42N2O11/c1-16(29)7-8-19(32)9-10-21(33)26-11-3-5-18(31)6-4-12-36-13-14-37-25-22(27-17(2)30)24(35)23(34)20(15-28)38-25/h20,22-25,28,34-35H,3-15H2,1-2H3,(H,26,33)(H,27,30)/t20-,22-,23+,24-,25?/m1/s1. The molecule has 13 heteroatoms. The highest BCUT2D eigenvalue weighted by Crippen LogP contribution is 2.22. The van der Waals surface area contributed by atoms with E-state index < -0.39 is 43.2 Å². The zero-order chi connectivity index (χ0) is 28.5. The third kappa shape index (κ3) is 14.0. The van der Waals surface area contributed by atoms with Crippen LogP contribution in [0, 0.1) is 0 Å². The smallest absolute Gasteiger partial charge is 0.220 e. The highest BCUT2D eigenvalue weighted by atomic mass is 16.7. The number of rotatable bonds is 20. The molecule has 218 valence electrons. The fourth-order valence-electron chi connectivity index (χ4n) is 3.73. The first-order valence-corrected chi connectivity index (χ1v) is 12.9. The zero-order valence-electron chi connectivity index (χ0n) is 22.2. The van der Waals surface area contributed by atoms with Crippen LogP contribution in [0.1, 0.15) is 65.2 Å². The van der Waals surface area contributed by atoms with Gasteiger partial charge >= 0.3 is 0 Å². The fraction of sp³-hybridized carbons (Fsp3) is 0.800. The Labute approximate surface area is 222 Å². The van der Waals surface area contributed by atoms with E-state index in [1.165, 1.54) is 13.8 Å². The molecule has 1 aliphatic heterocycles. The molecular weight excluding hydrogens is 504 g/mol. The minimum atomic E-state index is -1.39. The van der Waals surface area contributed by atoms with Gasteiger partial charge in [0, 0.05) is 58.6 Å². The molecule has 13 nitrogen and oxygen atoms in total. The molecule has 5 N–H and O–H groups in total. The van der Waals surface area contributed by atoms with Crippen LogP contribution in [-0.2, 0) is 38.2 Å². The van der Waals surface area contributed by atoms with Crippen molar-refractivity contribution in [2.75, 3.05) is 33.0 Å². The molecule has 0 bridgehead atoms. The van der Waals surface area contributed by atoms with E-state index in [2.05, 4.69) is 10.6 Å². The molecule has 1 rings (SSSR count). The third-order valence-electron chi connectivity index (χ3n) is 5.85. The summed E-state index contributed by atoms with van der Waals surface area (Å²) in [6.45, 7) is 2.99. The van der Waals surface area contributed by atoms with Crippen LogP contribution in [0.25, 0.3) is 0 Å².